The average Bonchev–Trinajstić information content (AvgIpc) is 2.51. The summed E-state index contributed by atoms with van der Waals surface area (Å²) in [6, 6.07) is 9.20. The minimum atomic E-state index is -0.567. The number of carbonyl (C=O) groups is 1. The molecule has 2 aromatic rings. The molecule has 0 aliphatic heterocycles. The molecule has 2 aromatic carbocycles. The van der Waals surface area contributed by atoms with Gasteiger partial charge in [-0.05, 0) is 19.1 Å². The highest BCUT2D eigenvalue weighted by Gasteiger charge is 2.14. The quantitative estimate of drug-likeness (QED) is 0.513. The molecule has 0 fully saturated rings. The summed E-state index contributed by atoms with van der Waals surface area (Å²) in [7, 11) is 0. The minimum Gasteiger partial charge on any atom is -0.267 e. The lowest BCUT2D eigenvalue weighted by Crippen LogP contribution is -2.17. The zero-order valence-electron chi connectivity index (χ0n) is 11.9. The van der Waals surface area contributed by atoms with Crippen LogP contribution in [0.15, 0.2) is 41.5 Å². The maximum Gasteiger partial charge on any atom is 0.273 e. The van der Waals surface area contributed by atoms with E-state index < -0.39 is 10.8 Å². The second kappa shape index (κ2) is 7.21. The van der Waals surface area contributed by atoms with Crippen LogP contribution in [0.3, 0.4) is 0 Å². The number of carbonyl (C=O) groups excluding carboxylic acids is 1. The highest BCUT2D eigenvalue weighted by molar-refractivity contribution is 6.43. The van der Waals surface area contributed by atoms with Gasteiger partial charge in [-0.2, -0.15) is 5.10 Å². The number of hydrogen-bond donors (Lipinski definition) is 1. The van der Waals surface area contributed by atoms with E-state index in [0.717, 1.165) is 0 Å². The number of nitro benzene ring substituents is 1. The largest absolute Gasteiger partial charge is 0.273 e. The summed E-state index contributed by atoms with van der Waals surface area (Å²) in [4.78, 5) is 22.3. The van der Waals surface area contributed by atoms with Crippen molar-refractivity contribution in [1.29, 1.82) is 0 Å². The van der Waals surface area contributed by atoms with E-state index in [2.05, 4.69) is 10.5 Å². The minimum absolute atomic E-state index is 0.125. The Hall–Kier alpha value is -2.44. The number of amides is 1. The Balaban J connectivity index is 2.14. The molecule has 23 heavy (non-hydrogen) atoms. The summed E-state index contributed by atoms with van der Waals surface area (Å²) in [5.41, 5.74) is 3.31. The number of aryl methyl sites for hydroxylation is 1. The number of nitrogens with zero attached hydrogens (tertiary/aromatic N) is 2. The van der Waals surface area contributed by atoms with Crippen LogP contribution >= 0.6 is 23.2 Å². The Morgan fingerprint density at radius 3 is 2.74 bits per heavy atom. The van der Waals surface area contributed by atoms with Crippen molar-refractivity contribution >= 4 is 41.0 Å². The average molecular weight is 352 g/mol. The first kappa shape index (κ1) is 16.9. The van der Waals surface area contributed by atoms with Crippen LogP contribution in [-0.4, -0.2) is 17.0 Å². The van der Waals surface area contributed by atoms with Gasteiger partial charge in [0.05, 0.1) is 21.2 Å². The van der Waals surface area contributed by atoms with Crippen LogP contribution in [0.4, 0.5) is 5.69 Å². The molecule has 2 rings (SSSR count). The van der Waals surface area contributed by atoms with Crippen molar-refractivity contribution in [3.05, 3.63) is 73.2 Å². The lowest BCUT2D eigenvalue weighted by Gasteiger charge is -2.03. The van der Waals surface area contributed by atoms with Crippen LogP contribution in [0.25, 0.3) is 0 Å². The zero-order chi connectivity index (χ0) is 17.0. The maximum atomic E-state index is 12.0. The van der Waals surface area contributed by atoms with E-state index in [0.29, 0.717) is 21.2 Å². The molecule has 0 spiro atoms. The van der Waals surface area contributed by atoms with Crippen LogP contribution in [0, 0.1) is 17.0 Å². The van der Waals surface area contributed by atoms with E-state index >= 15 is 0 Å². The van der Waals surface area contributed by atoms with E-state index in [9.17, 15) is 14.9 Å². The van der Waals surface area contributed by atoms with Gasteiger partial charge in [-0.3, -0.25) is 14.9 Å². The van der Waals surface area contributed by atoms with Crippen molar-refractivity contribution < 1.29 is 9.72 Å². The van der Waals surface area contributed by atoms with E-state index in [-0.39, 0.29) is 11.3 Å². The number of nitrogens with one attached hydrogen (secondary N) is 1. The topological polar surface area (TPSA) is 84.6 Å². The molecule has 0 atom stereocenters. The molecular weight excluding hydrogens is 341 g/mol. The SMILES string of the molecule is Cc1ccc(C(=O)NN=Cc2cccc(Cl)c2Cl)cc1[N+](=O)[O-]. The van der Waals surface area contributed by atoms with E-state index in [1.807, 2.05) is 0 Å². The van der Waals surface area contributed by atoms with Gasteiger partial charge in [0.15, 0.2) is 0 Å². The Bertz CT molecular complexity index is 807. The molecule has 0 aromatic heterocycles. The molecule has 8 heteroatoms. The molecule has 1 N–H and O–H groups in total. The third-order valence-electron chi connectivity index (χ3n) is 3.02. The van der Waals surface area contributed by atoms with Gasteiger partial charge in [0.25, 0.3) is 11.6 Å². The Morgan fingerprint density at radius 1 is 1.30 bits per heavy atom. The number of nitro groups is 1. The first-order chi connectivity index (χ1) is 10.9. The van der Waals surface area contributed by atoms with Gasteiger partial charge in [-0.15, -0.1) is 0 Å². The number of benzene rings is 2. The second-order valence-corrected chi connectivity index (χ2v) is 5.39. The van der Waals surface area contributed by atoms with Gasteiger partial charge >= 0.3 is 0 Å². The number of hydrogen-bond acceptors (Lipinski definition) is 4. The third kappa shape index (κ3) is 4.06. The fraction of sp³-hybridized carbons (Fsp3) is 0.0667. The van der Waals surface area contributed by atoms with Crippen molar-refractivity contribution in [3.63, 3.8) is 0 Å². The van der Waals surface area contributed by atoms with Crippen LogP contribution in [0.5, 0.6) is 0 Å². The van der Waals surface area contributed by atoms with E-state index in [1.165, 1.54) is 24.4 Å². The van der Waals surface area contributed by atoms with Crippen LogP contribution in [0.2, 0.25) is 10.0 Å². The zero-order valence-corrected chi connectivity index (χ0v) is 13.4. The van der Waals surface area contributed by atoms with E-state index in [1.54, 1.807) is 25.1 Å². The molecular formula is C15H11Cl2N3O3. The molecule has 0 saturated heterocycles. The first-order valence-electron chi connectivity index (χ1n) is 6.42. The van der Waals surface area contributed by atoms with Gasteiger partial charge in [-0.1, -0.05) is 41.4 Å². The highest BCUT2D eigenvalue weighted by atomic mass is 35.5. The maximum absolute atomic E-state index is 12.0. The number of halogens is 2. The highest BCUT2D eigenvalue weighted by Crippen LogP contribution is 2.24. The molecule has 0 bridgehead atoms. The molecule has 0 heterocycles. The van der Waals surface area contributed by atoms with Crippen LogP contribution in [-0.2, 0) is 0 Å². The lowest BCUT2D eigenvalue weighted by molar-refractivity contribution is -0.385. The fourth-order valence-electron chi connectivity index (χ4n) is 1.79. The Morgan fingerprint density at radius 2 is 2.04 bits per heavy atom. The number of hydrazone groups is 1. The van der Waals surface area contributed by atoms with E-state index in [4.69, 9.17) is 23.2 Å². The smallest absolute Gasteiger partial charge is 0.267 e. The van der Waals surface area contributed by atoms with Crippen molar-refractivity contribution in [3.8, 4) is 0 Å². The normalized spacial score (nSPS) is 10.7. The number of rotatable bonds is 4. The van der Waals surface area contributed by atoms with Gasteiger partial charge in [0.2, 0.25) is 0 Å². The summed E-state index contributed by atoms with van der Waals surface area (Å²) < 4.78 is 0. The van der Waals surface area contributed by atoms with Crippen molar-refractivity contribution in [2.24, 2.45) is 5.10 Å². The second-order valence-electron chi connectivity index (χ2n) is 4.60. The summed E-state index contributed by atoms with van der Waals surface area (Å²) >= 11 is 11.9. The molecule has 0 aliphatic rings. The predicted octanol–water partition coefficient (Wildman–Crippen LogP) is 3.97. The monoisotopic (exact) mass is 351 g/mol. The van der Waals surface area contributed by atoms with Gasteiger partial charge in [0, 0.05) is 22.8 Å². The summed E-state index contributed by atoms with van der Waals surface area (Å²) in [6.07, 6.45) is 1.34. The predicted molar refractivity (Wildman–Crippen MR) is 89.4 cm³/mol. The van der Waals surface area contributed by atoms with Gasteiger partial charge < -0.3 is 0 Å². The van der Waals surface area contributed by atoms with Gasteiger partial charge in [0.1, 0.15) is 0 Å². The van der Waals surface area contributed by atoms with Crippen molar-refractivity contribution in [1.82, 2.24) is 5.43 Å². The molecule has 0 unspecified atom stereocenters. The summed E-state index contributed by atoms with van der Waals surface area (Å²) in [6.45, 7) is 1.60. The van der Waals surface area contributed by atoms with Crippen molar-refractivity contribution in [2.75, 3.05) is 0 Å². The van der Waals surface area contributed by atoms with Crippen molar-refractivity contribution in [2.45, 2.75) is 6.92 Å². The summed E-state index contributed by atoms with van der Waals surface area (Å²) in [5, 5.41) is 15.4. The molecule has 118 valence electrons. The van der Waals surface area contributed by atoms with Gasteiger partial charge in [-0.25, -0.2) is 5.43 Å². The summed E-state index contributed by atoms with van der Waals surface area (Å²) in [5.74, 6) is -0.567. The molecule has 1 amide bonds. The molecule has 6 nitrogen and oxygen atoms in total. The molecule has 0 aliphatic carbocycles. The molecule has 0 saturated carbocycles. The Labute approximate surface area is 141 Å². The first-order valence-corrected chi connectivity index (χ1v) is 7.18. The van der Waals surface area contributed by atoms with Crippen LogP contribution in [0.1, 0.15) is 21.5 Å². The standard InChI is InChI=1S/C15H11Cl2N3O3/c1-9-5-6-10(7-13(9)20(22)23)15(21)19-18-8-11-3-2-4-12(16)14(11)17/h2-8H,1H3,(H,19,21). The third-order valence-corrected chi connectivity index (χ3v) is 3.85. The molecule has 0 radical (unpaired) electrons. The fourth-order valence-corrected chi connectivity index (χ4v) is 2.15. The van der Waals surface area contributed by atoms with Crippen LogP contribution < -0.4 is 5.43 Å². The Kier molecular flexibility index (Phi) is 5.31. The lowest BCUT2D eigenvalue weighted by atomic mass is 10.1.